The highest BCUT2D eigenvalue weighted by atomic mass is 35.5. The third-order valence-corrected chi connectivity index (χ3v) is 3.04. The lowest BCUT2D eigenvalue weighted by Gasteiger charge is -2.10. The predicted molar refractivity (Wildman–Crippen MR) is 80.5 cm³/mol. The maximum atomic E-state index is 11.8. The van der Waals surface area contributed by atoms with Gasteiger partial charge in [-0.15, -0.1) is 0 Å². The number of carbonyl (C=O) groups is 2. The normalized spacial score (nSPS) is 10.2. The summed E-state index contributed by atoms with van der Waals surface area (Å²) in [6.07, 6.45) is 0. The van der Waals surface area contributed by atoms with Crippen LogP contribution in [0.1, 0.15) is 24.2 Å². The molecular weight excluding hydrogens is 301 g/mol. The minimum Gasteiger partial charge on any atom is -0.350 e. The monoisotopic (exact) mass is 317 g/mol. The summed E-state index contributed by atoms with van der Waals surface area (Å²) in [6, 6.07) is 4.46. The standard InChI is InChI=1S/C13H17Cl2N3O2/c1-8(2)18-13(20)17-6-5-16-12(19)9-3-4-10(14)11(15)7-9/h3-4,7-8H,5-6H2,1-2H3,(H,16,19)(H2,17,18,20). The first-order valence-electron chi connectivity index (χ1n) is 6.17. The number of hydrogen-bond donors (Lipinski definition) is 3. The van der Waals surface area contributed by atoms with E-state index < -0.39 is 0 Å². The number of halogens is 2. The molecule has 0 radical (unpaired) electrons. The summed E-state index contributed by atoms with van der Waals surface area (Å²) in [7, 11) is 0. The van der Waals surface area contributed by atoms with Gasteiger partial charge in [0.25, 0.3) is 5.91 Å². The molecule has 0 bridgehead atoms. The zero-order chi connectivity index (χ0) is 15.1. The van der Waals surface area contributed by atoms with Gasteiger partial charge in [0.1, 0.15) is 0 Å². The van der Waals surface area contributed by atoms with Crippen LogP contribution in [0.3, 0.4) is 0 Å². The minimum absolute atomic E-state index is 0.0702. The van der Waals surface area contributed by atoms with E-state index in [1.54, 1.807) is 12.1 Å². The molecule has 0 unspecified atom stereocenters. The molecule has 0 saturated carbocycles. The fourth-order valence-electron chi connectivity index (χ4n) is 1.40. The first-order chi connectivity index (χ1) is 9.40. The molecule has 0 aliphatic rings. The average Bonchev–Trinajstić information content (AvgIpc) is 2.36. The van der Waals surface area contributed by atoms with E-state index in [2.05, 4.69) is 16.0 Å². The quantitative estimate of drug-likeness (QED) is 0.730. The predicted octanol–water partition coefficient (Wildman–Crippen LogP) is 2.43. The van der Waals surface area contributed by atoms with Crippen molar-refractivity contribution in [1.29, 1.82) is 0 Å². The summed E-state index contributed by atoms with van der Waals surface area (Å²) in [4.78, 5) is 23.1. The van der Waals surface area contributed by atoms with E-state index in [1.807, 2.05) is 13.8 Å². The third-order valence-electron chi connectivity index (χ3n) is 2.30. The van der Waals surface area contributed by atoms with Gasteiger partial charge in [0.2, 0.25) is 0 Å². The van der Waals surface area contributed by atoms with Crippen molar-refractivity contribution in [2.45, 2.75) is 19.9 Å². The van der Waals surface area contributed by atoms with Crippen molar-refractivity contribution in [2.24, 2.45) is 0 Å². The molecule has 0 atom stereocenters. The zero-order valence-electron chi connectivity index (χ0n) is 11.3. The van der Waals surface area contributed by atoms with Crippen LogP contribution in [-0.2, 0) is 0 Å². The summed E-state index contributed by atoms with van der Waals surface area (Å²) in [6.45, 7) is 4.40. The molecule has 0 aliphatic heterocycles. The van der Waals surface area contributed by atoms with E-state index in [4.69, 9.17) is 23.2 Å². The molecule has 0 fully saturated rings. The van der Waals surface area contributed by atoms with Crippen LogP contribution >= 0.6 is 23.2 Å². The van der Waals surface area contributed by atoms with Crippen molar-refractivity contribution < 1.29 is 9.59 Å². The topological polar surface area (TPSA) is 70.2 Å². The molecule has 1 aromatic rings. The molecule has 0 saturated heterocycles. The molecule has 1 rings (SSSR count). The molecule has 0 heterocycles. The van der Waals surface area contributed by atoms with Crippen LogP contribution in [0.25, 0.3) is 0 Å². The smallest absolute Gasteiger partial charge is 0.315 e. The molecule has 3 N–H and O–H groups in total. The van der Waals surface area contributed by atoms with E-state index in [0.29, 0.717) is 28.7 Å². The van der Waals surface area contributed by atoms with Crippen molar-refractivity contribution >= 4 is 35.1 Å². The van der Waals surface area contributed by atoms with Crippen molar-refractivity contribution in [1.82, 2.24) is 16.0 Å². The second kappa shape index (κ2) is 7.97. The van der Waals surface area contributed by atoms with E-state index in [-0.39, 0.29) is 18.0 Å². The van der Waals surface area contributed by atoms with Gasteiger partial charge in [0.05, 0.1) is 10.0 Å². The van der Waals surface area contributed by atoms with Crippen LogP contribution in [0, 0.1) is 0 Å². The average molecular weight is 318 g/mol. The number of hydrogen-bond acceptors (Lipinski definition) is 2. The van der Waals surface area contributed by atoms with E-state index >= 15 is 0 Å². The lowest BCUT2D eigenvalue weighted by molar-refractivity contribution is 0.0954. The first-order valence-corrected chi connectivity index (χ1v) is 6.93. The van der Waals surface area contributed by atoms with Gasteiger partial charge in [-0.2, -0.15) is 0 Å². The highest BCUT2D eigenvalue weighted by molar-refractivity contribution is 6.42. The van der Waals surface area contributed by atoms with E-state index in [0.717, 1.165) is 0 Å². The summed E-state index contributed by atoms with van der Waals surface area (Å²) < 4.78 is 0. The summed E-state index contributed by atoms with van der Waals surface area (Å²) in [5, 5.41) is 8.71. The molecule has 1 aromatic carbocycles. The number of benzene rings is 1. The number of rotatable bonds is 5. The van der Waals surface area contributed by atoms with Crippen molar-refractivity contribution in [2.75, 3.05) is 13.1 Å². The fraction of sp³-hybridized carbons (Fsp3) is 0.385. The van der Waals surface area contributed by atoms with Gasteiger partial charge in [0.15, 0.2) is 0 Å². The number of amides is 3. The van der Waals surface area contributed by atoms with Crippen molar-refractivity contribution in [3.8, 4) is 0 Å². The Kier molecular flexibility index (Phi) is 6.61. The lowest BCUT2D eigenvalue weighted by Crippen LogP contribution is -2.42. The molecule has 0 aromatic heterocycles. The van der Waals surface area contributed by atoms with E-state index in [9.17, 15) is 9.59 Å². The van der Waals surface area contributed by atoms with Crippen molar-refractivity contribution in [3.05, 3.63) is 33.8 Å². The van der Waals surface area contributed by atoms with Crippen LogP contribution < -0.4 is 16.0 Å². The third kappa shape index (κ3) is 5.67. The largest absolute Gasteiger partial charge is 0.350 e. The molecule has 0 spiro atoms. The molecule has 110 valence electrons. The Morgan fingerprint density at radius 2 is 1.75 bits per heavy atom. The Morgan fingerprint density at radius 3 is 2.35 bits per heavy atom. The van der Waals surface area contributed by atoms with Gasteiger partial charge < -0.3 is 16.0 Å². The summed E-state index contributed by atoms with van der Waals surface area (Å²) in [5.41, 5.74) is 0.422. The molecular formula is C13H17Cl2N3O2. The van der Waals surface area contributed by atoms with Crippen LogP contribution in [0.4, 0.5) is 4.79 Å². The Morgan fingerprint density at radius 1 is 1.10 bits per heavy atom. The van der Waals surface area contributed by atoms with Crippen LogP contribution in [0.15, 0.2) is 18.2 Å². The number of urea groups is 1. The lowest BCUT2D eigenvalue weighted by atomic mass is 10.2. The number of carbonyl (C=O) groups excluding carboxylic acids is 2. The highest BCUT2D eigenvalue weighted by Crippen LogP contribution is 2.22. The highest BCUT2D eigenvalue weighted by Gasteiger charge is 2.07. The maximum absolute atomic E-state index is 11.8. The van der Waals surface area contributed by atoms with Crippen LogP contribution in [-0.4, -0.2) is 31.1 Å². The van der Waals surface area contributed by atoms with Gasteiger partial charge in [-0.1, -0.05) is 23.2 Å². The van der Waals surface area contributed by atoms with Crippen LogP contribution in [0.5, 0.6) is 0 Å². The molecule has 5 nitrogen and oxygen atoms in total. The second-order valence-electron chi connectivity index (χ2n) is 4.44. The van der Waals surface area contributed by atoms with Crippen molar-refractivity contribution in [3.63, 3.8) is 0 Å². The molecule has 7 heteroatoms. The maximum Gasteiger partial charge on any atom is 0.315 e. The Hall–Kier alpha value is -1.46. The SMILES string of the molecule is CC(C)NC(=O)NCCNC(=O)c1ccc(Cl)c(Cl)c1. The summed E-state index contributed by atoms with van der Waals surface area (Å²) in [5.74, 6) is -0.269. The van der Waals surface area contributed by atoms with Gasteiger partial charge in [-0.05, 0) is 32.0 Å². The first kappa shape index (κ1) is 16.6. The second-order valence-corrected chi connectivity index (χ2v) is 5.25. The fourth-order valence-corrected chi connectivity index (χ4v) is 1.70. The Labute approximate surface area is 128 Å². The van der Waals surface area contributed by atoms with Gasteiger partial charge in [0, 0.05) is 24.7 Å². The van der Waals surface area contributed by atoms with Gasteiger partial charge in [-0.25, -0.2) is 4.79 Å². The Balaban J connectivity index is 2.33. The summed E-state index contributed by atoms with van der Waals surface area (Å²) >= 11 is 11.6. The molecule has 3 amide bonds. The minimum atomic E-state index is -0.269. The molecule has 20 heavy (non-hydrogen) atoms. The van der Waals surface area contributed by atoms with Gasteiger partial charge in [-0.3, -0.25) is 4.79 Å². The molecule has 0 aliphatic carbocycles. The van der Waals surface area contributed by atoms with E-state index in [1.165, 1.54) is 6.07 Å². The number of nitrogens with one attached hydrogen (secondary N) is 3. The van der Waals surface area contributed by atoms with Gasteiger partial charge >= 0.3 is 6.03 Å². The zero-order valence-corrected chi connectivity index (χ0v) is 12.8. The van der Waals surface area contributed by atoms with Crippen LogP contribution in [0.2, 0.25) is 10.0 Å². The Bertz CT molecular complexity index is 493.